The molecule has 0 spiro atoms. The Kier molecular flexibility index (Phi) is 4.92. The molecular weight excluding hydrogens is 268 g/mol. The Morgan fingerprint density at radius 2 is 2.19 bits per heavy atom. The van der Waals surface area contributed by atoms with Gasteiger partial charge in [0.05, 0.1) is 0 Å². The van der Waals surface area contributed by atoms with Crippen molar-refractivity contribution in [1.29, 1.82) is 0 Å². The molecule has 1 atom stereocenters. The molecule has 7 nitrogen and oxygen atoms in total. The topological polar surface area (TPSA) is 75.9 Å². The van der Waals surface area contributed by atoms with Crippen molar-refractivity contribution in [2.75, 3.05) is 26.7 Å². The molecule has 1 fully saturated rings. The first-order chi connectivity index (χ1) is 9.84. The summed E-state index contributed by atoms with van der Waals surface area (Å²) < 4.78 is 0. The first-order valence-electron chi connectivity index (χ1n) is 7.58. The van der Waals surface area contributed by atoms with Gasteiger partial charge in [0.25, 0.3) is 0 Å². The Bertz CT molecular complexity index is 478. The van der Waals surface area contributed by atoms with Crippen LogP contribution in [0.25, 0.3) is 0 Å². The van der Waals surface area contributed by atoms with Crippen molar-refractivity contribution in [2.24, 2.45) is 5.92 Å². The van der Waals surface area contributed by atoms with E-state index in [-0.39, 0.29) is 17.9 Å². The van der Waals surface area contributed by atoms with E-state index in [9.17, 15) is 4.79 Å². The van der Waals surface area contributed by atoms with Gasteiger partial charge in [-0.3, -0.25) is 4.79 Å². The molecule has 0 saturated carbocycles. The van der Waals surface area contributed by atoms with Gasteiger partial charge in [-0.2, -0.15) is 4.80 Å². The molecule has 1 saturated heterocycles. The van der Waals surface area contributed by atoms with Crippen molar-refractivity contribution in [3.8, 4) is 0 Å². The molecule has 0 radical (unpaired) electrons. The molecule has 1 aromatic heterocycles. The molecule has 1 aliphatic heterocycles. The zero-order chi connectivity index (χ0) is 15.5. The zero-order valence-electron chi connectivity index (χ0n) is 13.5. The summed E-state index contributed by atoms with van der Waals surface area (Å²) in [6.45, 7) is 9.13. The summed E-state index contributed by atoms with van der Waals surface area (Å²) in [7, 11) is 2.13. The molecule has 0 aliphatic carbocycles. The summed E-state index contributed by atoms with van der Waals surface area (Å²) >= 11 is 0. The molecule has 1 aliphatic rings. The average molecular weight is 294 g/mol. The van der Waals surface area contributed by atoms with Crippen molar-refractivity contribution >= 4 is 5.91 Å². The molecule has 21 heavy (non-hydrogen) atoms. The normalized spacial score (nSPS) is 20.5. The highest BCUT2D eigenvalue weighted by molar-refractivity contribution is 5.75. The van der Waals surface area contributed by atoms with E-state index in [0.29, 0.717) is 11.7 Å². The van der Waals surface area contributed by atoms with Crippen molar-refractivity contribution in [3.63, 3.8) is 0 Å². The number of hydrogen-bond acceptors (Lipinski definition) is 5. The van der Waals surface area contributed by atoms with E-state index in [2.05, 4.69) is 32.7 Å². The van der Waals surface area contributed by atoms with Crippen LogP contribution < -0.4 is 5.32 Å². The number of tetrazole rings is 1. The van der Waals surface area contributed by atoms with Crippen molar-refractivity contribution in [2.45, 2.75) is 45.6 Å². The number of nitrogens with zero attached hydrogens (tertiary/aromatic N) is 5. The van der Waals surface area contributed by atoms with E-state index in [1.807, 2.05) is 20.8 Å². The molecule has 2 heterocycles. The lowest BCUT2D eigenvalue weighted by atomic mass is 9.96. The largest absolute Gasteiger partial charge is 0.354 e. The Morgan fingerprint density at radius 1 is 1.43 bits per heavy atom. The van der Waals surface area contributed by atoms with Crippen LogP contribution >= 0.6 is 0 Å². The Hall–Kier alpha value is -1.50. The van der Waals surface area contributed by atoms with Crippen LogP contribution in [0.4, 0.5) is 0 Å². The van der Waals surface area contributed by atoms with Crippen LogP contribution in [0.3, 0.4) is 0 Å². The van der Waals surface area contributed by atoms with Crippen LogP contribution in [0.15, 0.2) is 0 Å². The van der Waals surface area contributed by atoms with Crippen molar-refractivity contribution in [1.82, 2.24) is 30.4 Å². The number of aromatic nitrogens is 4. The van der Waals surface area contributed by atoms with E-state index < -0.39 is 0 Å². The van der Waals surface area contributed by atoms with E-state index >= 15 is 0 Å². The molecule has 0 aromatic carbocycles. The van der Waals surface area contributed by atoms with Gasteiger partial charge >= 0.3 is 0 Å². The number of nitrogens with one attached hydrogen (secondary N) is 1. The minimum atomic E-state index is -0.151. The fourth-order valence-corrected chi connectivity index (χ4v) is 2.49. The lowest BCUT2D eigenvalue weighted by molar-refractivity contribution is -0.122. The van der Waals surface area contributed by atoms with Crippen LogP contribution in [-0.4, -0.2) is 57.7 Å². The first kappa shape index (κ1) is 15.9. The first-order valence-corrected chi connectivity index (χ1v) is 7.58. The van der Waals surface area contributed by atoms with Crippen LogP contribution in [0.5, 0.6) is 0 Å². The number of hydrogen-bond donors (Lipinski definition) is 1. The van der Waals surface area contributed by atoms with E-state index in [1.54, 1.807) is 0 Å². The maximum atomic E-state index is 11.9. The number of piperidine rings is 1. The molecule has 7 heteroatoms. The molecule has 118 valence electrons. The highest BCUT2D eigenvalue weighted by atomic mass is 16.2. The summed E-state index contributed by atoms with van der Waals surface area (Å²) in [5, 5.41) is 15.2. The lowest BCUT2D eigenvalue weighted by Crippen LogP contribution is -2.40. The summed E-state index contributed by atoms with van der Waals surface area (Å²) in [5.74, 6) is 1.15. The fourth-order valence-electron chi connectivity index (χ4n) is 2.49. The van der Waals surface area contributed by atoms with E-state index in [1.165, 1.54) is 17.6 Å². The lowest BCUT2D eigenvalue weighted by Gasteiger charge is -2.29. The van der Waals surface area contributed by atoms with Gasteiger partial charge in [-0.25, -0.2) is 0 Å². The summed E-state index contributed by atoms with van der Waals surface area (Å²) in [5.41, 5.74) is -0.151. The molecular formula is C14H26N6O. The van der Waals surface area contributed by atoms with Crippen LogP contribution in [-0.2, 0) is 16.8 Å². The molecule has 1 amide bonds. The van der Waals surface area contributed by atoms with Gasteiger partial charge in [0.1, 0.15) is 6.54 Å². The van der Waals surface area contributed by atoms with Crippen molar-refractivity contribution in [3.05, 3.63) is 5.82 Å². The van der Waals surface area contributed by atoms with Gasteiger partial charge in [-0.1, -0.05) is 20.8 Å². The zero-order valence-corrected chi connectivity index (χ0v) is 13.5. The summed E-state index contributed by atoms with van der Waals surface area (Å²) in [6, 6.07) is 0. The number of carbonyl (C=O) groups excluding carboxylic acids is 1. The molecule has 0 bridgehead atoms. The predicted octanol–water partition coefficient (Wildman–Crippen LogP) is 0.429. The Balaban J connectivity index is 1.78. The molecule has 1 N–H and O–H groups in total. The third-order valence-corrected chi connectivity index (χ3v) is 3.72. The maximum absolute atomic E-state index is 11.9. The average Bonchev–Trinajstić information content (AvgIpc) is 2.85. The number of likely N-dealkylation sites (tertiary alicyclic amines) is 1. The molecule has 1 aromatic rings. The molecule has 2 rings (SSSR count). The molecule has 1 unspecified atom stereocenters. The highest BCUT2D eigenvalue weighted by Gasteiger charge is 2.21. The summed E-state index contributed by atoms with van der Waals surface area (Å²) in [6.07, 6.45) is 2.39. The minimum Gasteiger partial charge on any atom is -0.354 e. The maximum Gasteiger partial charge on any atom is 0.243 e. The van der Waals surface area contributed by atoms with Crippen LogP contribution in [0.1, 0.15) is 39.4 Å². The van der Waals surface area contributed by atoms with Gasteiger partial charge in [-0.05, 0) is 37.6 Å². The van der Waals surface area contributed by atoms with Crippen LogP contribution in [0, 0.1) is 5.92 Å². The summed E-state index contributed by atoms with van der Waals surface area (Å²) in [4.78, 5) is 15.6. The standard InChI is InChI=1S/C14H26N6O/c1-14(2,3)13-16-18-20(17-13)10-12(21)15-8-11-6-5-7-19(4)9-11/h11H,5-10H2,1-4H3,(H,15,21). The SMILES string of the molecule is CN1CCCC(CNC(=O)Cn2nnc(C(C)(C)C)n2)C1. The second kappa shape index (κ2) is 6.51. The Labute approximate surface area is 126 Å². The van der Waals surface area contributed by atoms with Gasteiger partial charge in [0, 0.05) is 18.5 Å². The second-order valence-electron chi connectivity index (χ2n) is 6.97. The third kappa shape index (κ3) is 4.77. The smallest absolute Gasteiger partial charge is 0.243 e. The number of rotatable bonds is 4. The monoisotopic (exact) mass is 294 g/mol. The highest BCUT2D eigenvalue weighted by Crippen LogP contribution is 2.16. The van der Waals surface area contributed by atoms with Gasteiger partial charge in [0.2, 0.25) is 5.91 Å². The Morgan fingerprint density at radius 3 is 2.81 bits per heavy atom. The second-order valence-corrected chi connectivity index (χ2v) is 6.97. The van der Waals surface area contributed by atoms with E-state index in [4.69, 9.17) is 0 Å². The van der Waals surface area contributed by atoms with Gasteiger partial charge in [-0.15, -0.1) is 10.2 Å². The number of amides is 1. The van der Waals surface area contributed by atoms with Gasteiger partial charge in [0.15, 0.2) is 5.82 Å². The van der Waals surface area contributed by atoms with Crippen LogP contribution in [0.2, 0.25) is 0 Å². The van der Waals surface area contributed by atoms with Crippen molar-refractivity contribution < 1.29 is 4.79 Å². The predicted molar refractivity (Wildman–Crippen MR) is 79.7 cm³/mol. The quantitative estimate of drug-likeness (QED) is 0.871. The minimum absolute atomic E-state index is 0.0546. The third-order valence-electron chi connectivity index (χ3n) is 3.72. The van der Waals surface area contributed by atoms with Gasteiger partial charge < -0.3 is 10.2 Å². The fraction of sp³-hybridized carbons (Fsp3) is 0.857. The number of carbonyl (C=O) groups is 1. The van der Waals surface area contributed by atoms with E-state index in [0.717, 1.165) is 19.6 Å².